The first-order valence-corrected chi connectivity index (χ1v) is 11.3. The Morgan fingerprint density at radius 1 is 1.00 bits per heavy atom. The predicted molar refractivity (Wildman–Crippen MR) is 131 cm³/mol. The number of hydrazine groups is 1. The summed E-state index contributed by atoms with van der Waals surface area (Å²) in [6.07, 6.45) is 0.623. The number of ether oxygens (including phenoxy) is 3. The highest BCUT2D eigenvalue weighted by Gasteiger charge is 2.10. The molecule has 0 aliphatic heterocycles. The molecule has 0 aromatic heterocycles. The highest BCUT2D eigenvalue weighted by Crippen LogP contribution is 2.27. The first-order chi connectivity index (χ1) is 15.9. The molecule has 0 heterocycles. The number of halogens is 2. The number of rotatable bonds is 11. The number of hydrogen-bond donors (Lipinski definition) is 3. The van der Waals surface area contributed by atoms with Gasteiger partial charge in [0.15, 0.2) is 5.11 Å². The van der Waals surface area contributed by atoms with Crippen molar-refractivity contribution in [1.82, 2.24) is 16.2 Å². The third-order valence-electron chi connectivity index (χ3n) is 4.04. The monoisotopic (exact) mass is 513 g/mol. The quantitative estimate of drug-likeness (QED) is 0.238. The van der Waals surface area contributed by atoms with E-state index in [0.717, 1.165) is 0 Å². The van der Waals surface area contributed by atoms with Gasteiger partial charge in [-0.15, -0.1) is 0 Å². The lowest BCUT2D eigenvalue weighted by Gasteiger charge is -2.12. The molecule has 0 radical (unpaired) electrons. The maximum atomic E-state index is 12.4. The van der Waals surface area contributed by atoms with E-state index < -0.39 is 5.91 Å². The van der Waals surface area contributed by atoms with Gasteiger partial charge in [-0.1, -0.05) is 29.3 Å². The van der Waals surface area contributed by atoms with E-state index in [1.54, 1.807) is 42.5 Å². The predicted octanol–water partition coefficient (Wildman–Crippen LogP) is 3.90. The molecule has 2 aromatic rings. The van der Waals surface area contributed by atoms with Crippen molar-refractivity contribution >= 4 is 52.3 Å². The smallest absolute Gasteiger partial charge is 0.257 e. The van der Waals surface area contributed by atoms with Gasteiger partial charge < -0.3 is 14.2 Å². The van der Waals surface area contributed by atoms with Crippen LogP contribution in [0.3, 0.4) is 0 Å². The van der Waals surface area contributed by atoms with Gasteiger partial charge in [-0.2, -0.15) is 0 Å². The Morgan fingerprint density at radius 3 is 2.58 bits per heavy atom. The van der Waals surface area contributed by atoms with Crippen molar-refractivity contribution in [3.8, 4) is 11.5 Å². The number of thiocarbonyl (C=S) groups is 1. The van der Waals surface area contributed by atoms with Crippen LogP contribution >= 0.6 is 35.4 Å². The summed E-state index contributed by atoms with van der Waals surface area (Å²) >= 11 is 16.9. The van der Waals surface area contributed by atoms with Crippen LogP contribution < -0.4 is 25.6 Å². The van der Waals surface area contributed by atoms with Crippen LogP contribution in [0.25, 0.3) is 0 Å². The summed E-state index contributed by atoms with van der Waals surface area (Å²) in [6, 6.07) is 11.6. The van der Waals surface area contributed by atoms with Gasteiger partial charge in [0, 0.05) is 23.6 Å². The molecule has 0 aliphatic carbocycles. The molecule has 33 heavy (non-hydrogen) atoms. The fourth-order valence-electron chi connectivity index (χ4n) is 2.49. The van der Waals surface area contributed by atoms with Gasteiger partial charge in [0.2, 0.25) is 5.91 Å². The van der Waals surface area contributed by atoms with E-state index >= 15 is 0 Å². The van der Waals surface area contributed by atoms with Crippen molar-refractivity contribution in [2.45, 2.75) is 19.8 Å². The zero-order chi connectivity index (χ0) is 24.1. The third-order valence-corrected chi connectivity index (χ3v) is 4.77. The van der Waals surface area contributed by atoms with E-state index in [9.17, 15) is 9.59 Å². The van der Waals surface area contributed by atoms with E-state index in [4.69, 9.17) is 49.6 Å². The van der Waals surface area contributed by atoms with Crippen LogP contribution in [0.4, 0.5) is 0 Å². The first-order valence-electron chi connectivity index (χ1n) is 10.2. The minimum Gasteiger partial charge on any atom is -0.492 e. The Morgan fingerprint density at radius 2 is 1.82 bits per heavy atom. The highest BCUT2D eigenvalue weighted by atomic mass is 35.5. The SMILES string of the molecule is CCOCCOc1cccc(C(=O)NC(=S)NNC(=O)CCCOc2ccc(Cl)cc2Cl)c1. The van der Waals surface area contributed by atoms with Crippen molar-refractivity contribution in [3.63, 3.8) is 0 Å². The van der Waals surface area contributed by atoms with Crippen LogP contribution in [-0.4, -0.2) is 43.4 Å². The van der Waals surface area contributed by atoms with Gasteiger partial charge in [0.05, 0.1) is 18.2 Å². The second-order valence-corrected chi connectivity index (χ2v) is 7.81. The van der Waals surface area contributed by atoms with Crippen molar-refractivity contribution in [3.05, 3.63) is 58.1 Å². The van der Waals surface area contributed by atoms with Crippen molar-refractivity contribution in [2.75, 3.05) is 26.4 Å². The molecule has 0 aliphatic rings. The van der Waals surface area contributed by atoms with Gasteiger partial charge in [-0.25, -0.2) is 0 Å². The van der Waals surface area contributed by atoms with Crippen LogP contribution in [0.1, 0.15) is 30.1 Å². The lowest BCUT2D eigenvalue weighted by molar-refractivity contribution is -0.121. The summed E-state index contributed by atoms with van der Waals surface area (Å²) in [7, 11) is 0. The average Bonchev–Trinajstić information content (AvgIpc) is 2.79. The van der Waals surface area contributed by atoms with Gasteiger partial charge in [0.1, 0.15) is 18.1 Å². The van der Waals surface area contributed by atoms with E-state index in [0.29, 0.717) is 60.0 Å². The fourth-order valence-corrected chi connectivity index (χ4v) is 3.10. The highest BCUT2D eigenvalue weighted by molar-refractivity contribution is 7.80. The molecule has 0 fully saturated rings. The Labute approximate surface area is 207 Å². The number of carbonyl (C=O) groups is 2. The molecule has 11 heteroatoms. The number of carbonyl (C=O) groups excluding carboxylic acids is 2. The fraction of sp³-hybridized carbons (Fsp3) is 0.318. The number of hydrogen-bond acceptors (Lipinski definition) is 6. The summed E-state index contributed by atoms with van der Waals surface area (Å²) in [5.41, 5.74) is 5.28. The van der Waals surface area contributed by atoms with Crippen LogP contribution in [0.5, 0.6) is 11.5 Å². The lowest BCUT2D eigenvalue weighted by Crippen LogP contribution is -2.48. The van der Waals surface area contributed by atoms with Gasteiger partial charge in [-0.3, -0.25) is 25.8 Å². The Hall–Kier alpha value is -2.59. The number of nitrogens with one attached hydrogen (secondary N) is 3. The summed E-state index contributed by atoms with van der Waals surface area (Å²) in [5, 5.41) is 3.36. The topological polar surface area (TPSA) is 97.9 Å². The second kappa shape index (κ2) is 14.5. The lowest BCUT2D eigenvalue weighted by atomic mass is 10.2. The molecule has 3 N–H and O–H groups in total. The standard InChI is InChI=1S/C22H25Cl2N3O5S/c1-2-30-11-12-31-17-6-3-5-15(13-17)21(29)25-22(33)27-26-20(28)7-4-10-32-19-9-8-16(23)14-18(19)24/h3,5-6,8-9,13-14H,2,4,7,10-12H2,1H3,(H,26,28)(H2,25,27,29,33). The molecule has 0 bridgehead atoms. The Bertz CT molecular complexity index is 961. The molecule has 2 rings (SSSR count). The van der Waals surface area contributed by atoms with Crippen LogP contribution in [0.15, 0.2) is 42.5 Å². The largest absolute Gasteiger partial charge is 0.492 e. The molecular formula is C22H25Cl2N3O5S. The molecule has 8 nitrogen and oxygen atoms in total. The normalized spacial score (nSPS) is 10.3. The molecule has 0 atom stereocenters. The zero-order valence-electron chi connectivity index (χ0n) is 18.0. The maximum Gasteiger partial charge on any atom is 0.257 e. The second-order valence-electron chi connectivity index (χ2n) is 6.56. The minimum absolute atomic E-state index is 0.0415. The molecule has 2 aromatic carbocycles. The molecule has 178 valence electrons. The molecule has 0 saturated heterocycles. The Balaban J connectivity index is 1.66. The van der Waals surface area contributed by atoms with Crippen LogP contribution in [-0.2, 0) is 9.53 Å². The minimum atomic E-state index is -0.440. The van der Waals surface area contributed by atoms with Gasteiger partial charge >= 0.3 is 0 Å². The molecule has 0 saturated carbocycles. The van der Waals surface area contributed by atoms with E-state index in [1.807, 2.05) is 6.92 Å². The van der Waals surface area contributed by atoms with Crippen molar-refractivity contribution in [2.24, 2.45) is 0 Å². The molecule has 0 spiro atoms. The van der Waals surface area contributed by atoms with Crippen molar-refractivity contribution < 1.29 is 23.8 Å². The van der Waals surface area contributed by atoms with Crippen LogP contribution in [0, 0.1) is 0 Å². The molecule has 0 unspecified atom stereocenters. The summed E-state index contributed by atoms with van der Waals surface area (Å²) < 4.78 is 16.3. The van der Waals surface area contributed by atoms with E-state index in [2.05, 4.69) is 16.2 Å². The third kappa shape index (κ3) is 10.3. The summed E-state index contributed by atoms with van der Waals surface area (Å²) in [5.74, 6) is 0.274. The van der Waals surface area contributed by atoms with Crippen molar-refractivity contribution in [1.29, 1.82) is 0 Å². The number of benzene rings is 2. The van der Waals surface area contributed by atoms with E-state index in [-0.39, 0.29) is 17.4 Å². The summed E-state index contributed by atoms with van der Waals surface area (Å²) in [6.45, 7) is 3.64. The Kier molecular flexibility index (Phi) is 11.7. The summed E-state index contributed by atoms with van der Waals surface area (Å²) in [4.78, 5) is 24.3. The maximum absolute atomic E-state index is 12.4. The van der Waals surface area contributed by atoms with Gasteiger partial charge in [0.25, 0.3) is 5.91 Å². The molecular weight excluding hydrogens is 489 g/mol. The first kappa shape index (κ1) is 26.7. The van der Waals surface area contributed by atoms with Gasteiger partial charge in [-0.05, 0) is 62.0 Å². The molecule has 2 amide bonds. The average molecular weight is 514 g/mol. The zero-order valence-corrected chi connectivity index (χ0v) is 20.3. The number of amides is 2. The van der Waals surface area contributed by atoms with E-state index in [1.165, 1.54) is 0 Å². The van der Waals surface area contributed by atoms with Crippen LogP contribution in [0.2, 0.25) is 10.0 Å².